The molecule has 1 N–H and O–H groups in total. The molecule has 3 rings (SSSR count). The van der Waals surface area contributed by atoms with Gasteiger partial charge in [-0.3, -0.25) is 4.99 Å². The first kappa shape index (κ1) is 16.1. The Morgan fingerprint density at radius 1 is 0.917 bits per heavy atom. The summed E-state index contributed by atoms with van der Waals surface area (Å²) in [6, 6.07) is 15.7. The summed E-state index contributed by atoms with van der Waals surface area (Å²) in [5.74, 6) is 0.227. The minimum atomic E-state index is 0.227. The van der Waals surface area contributed by atoms with E-state index in [2.05, 4.69) is 61.5 Å². The average Bonchev–Trinajstić information content (AvgIpc) is 2.78. The van der Waals surface area contributed by atoms with Gasteiger partial charge in [0.15, 0.2) is 0 Å². The second-order valence-electron chi connectivity index (χ2n) is 6.29. The molecule has 0 spiro atoms. The Bertz CT molecular complexity index is 899. The SMILES string of the molecule is Cc1cc(C)cc(-n2c(C)cc(C=Nc3cccc(O)c3)c2C)c1. The van der Waals surface area contributed by atoms with E-state index in [-0.39, 0.29) is 5.75 Å². The van der Waals surface area contributed by atoms with Gasteiger partial charge in [-0.15, -0.1) is 0 Å². The molecule has 3 heteroatoms. The van der Waals surface area contributed by atoms with E-state index in [1.54, 1.807) is 18.2 Å². The second kappa shape index (κ2) is 6.36. The molecule has 0 aliphatic carbocycles. The van der Waals surface area contributed by atoms with Crippen molar-refractivity contribution in [3.8, 4) is 11.4 Å². The number of aromatic nitrogens is 1. The first-order valence-corrected chi connectivity index (χ1v) is 8.05. The Morgan fingerprint density at radius 3 is 2.29 bits per heavy atom. The van der Waals surface area contributed by atoms with Crippen molar-refractivity contribution in [2.75, 3.05) is 0 Å². The fourth-order valence-electron chi connectivity index (χ4n) is 3.11. The molecule has 1 aromatic heterocycles. The highest BCUT2D eigenvalue weighted by Gasteiger charge is 2.10. The molecule has 0 aliphatic rings. The van der Waals surface area contributed by atoms with Crippen LogP contribution in [0.25, 0.3) is 5.69 Å². The highest BCUT2D eigenvalue weighted by Crippen LogP contribution is 2.23. The lowest BCUT2D eigenvalue weighted by Gasteiger charge is -2.11. The third-order valence-electron chi connectivity index (χ3n) is 4.12. The number of aromatic hydroxyl groups is 1. The van der Waals surface area contributed by atoms with E-state index in [1.807, 2.05) is 12.3 Å². The lowest BCUT2D eigenvalue weighted by molar-refractivity contribution is 0.475. The number of hydrogen-bond acceptors (Lipinski definition) is 2. The predicted molar refractivity (Wildman–Crippen MR) is 100 cm³/mol. The van der Waals surface area contributed by atoms with E-state index in [0.717, 1.165) is 16.9 Å². The van der Waals surface area contributed by atoms with Gasteiger partial charge in [0, 0.05) is 34.9 Å². The van der Waals surface area contributed by atoms with Crippen molar-refractivity contribution in [1.29, 1.82) is 0 Å². The largest absolute Gasteiger partial charge is 0.508 e. The number of benzene rings is 2. The third-order valence-corrected chi connectivity index (χ3v) is 4.12. The van der Waals surface area contributed by atoms with E-state index < -0.39 is 0 Å². The van der Waals surface area contributed by atoms with Crippen molar-refractivity contribution in [3.05, 3.63) is 76.6 Å². The Morgan fingerprint density at radius 2 is 1.62 bits per heavy atom. The van der Waals surface area contributed by atoms with Gasteiger partial charge in [-0.05, 0) is 69.2 Å². The molecule has 3 nitrogen and oxygen atoms in total. The van der Waals surface area contributed by atoms with Crippen LogP contribution in [0.4, 0.5) is 5.69 Å². The fraction of sp³-hybridized carbons (Fsp3) is 0.190. The Hall–Kier alpha value is -2.81. The van der Waals surface area contributed by atoms with Gasteiger partial charge >= 0.3 is 0 Å². The van der Waals surface area contributed by atoms with Crippen LogP contribution in [-0.2, 0) is 0 Å². The van der Waals surface area contributed by atoms with Crippen LogP contribution >= 0.6 is 0 Å². The average molecular weight is 318 g/mol. The molecule has 122 valence electrons. The van der Waals surface area contributed by atoms with Crippen LogP contribution in [0, 0.1) is 27.7 Å². The van der Waals surface area contributed by atoms with Gasteiger partial charge in [-0.2, -0.15) is 0 Å². The first-order chi connectivity index (χ1) is 11.4. The molecule has 0 saturated heterocycles. The summed E-state index contributed by atoms with van der Waals surface area (Å²) in [6.07, 6.45) is 1.86. The van der Waals surface area contributed by atoms with Gasteiger partial charge in [0.2, 0.25) is 0 Å². The second-order valence-corrected chi connectivity index (χ2v) is 6.29. The third kappa shape index (κ3) is 3.25. The molecule has 0 amide bonds. The lowest BCUT2D eigenvalue weighted by atomic mass is 10.1. The molecule has 0 radical (unpaired) electrons. The van der Waals surface area contributed by atoms with Crippen LogP contribution in [0.3, 0.4) is 0 Å². The number of hydrogen-bond donors (Lipinski definition) is 1. The molecule has 24 heavy (non-hydrogen) atoms. The Labute approximate surface area is 142 Å². The molecule has 1 heterocycles. The van der Waals surface area contributed by atoms with Gasteiger partial charge in [-0.25, -0.2) is 0 Å². The number of aliphatic imine (C=N–C) groups is 1. The summed E-state index contributed by atoms with van der Waals surface area (Å²) < 4.78 is 2.25. The Balaban J connectivity index is 2.00. The molecule has 0 aliphatic heterocycles. The maximum Gasteiger partial charge on any atom is 0.117 e. The zero-order valence-corrected chi connectivity index (χ0v) is 14.5. The molecule has 3 aromatic rings. The van der Waals surface area contributed by atoms with Crippen molar-refractivity contribution in [3.63, 3.8) is 0 Å². The van der Waals surface area contributed by atoms with Crippen LogP contribution < -0.4 is 0 Å². The van der Waals surface area contributed by atoms with Crippen molar-refractivity contribution in [2.24, 2.45) is 4.99 Å². The molecule has 0 saturated carbocycles. The highest BCUT2D eigenvalue weighted by atomic mass is 16.3. The molecule has 0 atom stereocenters. The van der Waals surface area contributed by atoms with Gasteiger partial charge in [0.25, 0.3) is 0 Å². The minimum absolute atomic E-state index is 0.227. The lowest BCUT2D eigenvalue weighted by Crippen LogP contribution is -2.00. The van der Waals surface area contributed by atoms with Crippen LogP contribution in [0.2, 0.25) is 0 Å². The Kier molecular flexibility index (Phi) is 4.26. The molecular formula is C21H22N2O. The maximum absolute atomic E-state index is 9.54. The van der Waals surface area contributed by atoms with Gasteiger partial charge < -0.3 is 9.67 Å². The van der Waals surface area contributed by atoms with Crippen molar-refractivity contribution in [2.45, 2.75) is 27.7 Å². The summed E-state index contributed by atoms with van der Waals surface area (Å²) in [5.41, 5.74) is 7.84. The number of phenolic OH excluding ortho intramolecular Hbond substituents is 1. The minimum Gasteiger partial charge on any atom is -0.508 e. The predicted octanol–water partition coefficient (Wildman–Crippen LogP) is 5.17. The summed E-state index contributed by atoms with van der Waals surface area (Å²) in [6.45, 7) is 8.45. The standard InChI is InChI=1S/C21H22N2O/c1-14-8-15(2)10-20(9-14)23-16(3)11-18(17(23)4)13-22-19-6-5-7-21(24)12-19/h5-13,24H,1-4H3. The first-order valence-electron chi connectivity index (χ1n) is 8.05. The molecule has 0 unspecified atom stereocenters. The number of rotatable bonds is 3. The molecular weight excluding hydrogens is 296 g/mol. The number of nitrogens with zero attached hydrogens (tertiary/aromatic N) is 2. The number of aryl methyl sites for hydroxylation is 3. The summed E-state index contributed by atoms with van der Waals surface area (Å²) >= 11 is 0. The highest BCUT2D eigenvalue weighted by molar-refractivity contribution is 5.84. The van der Waals surface area contributed by atoms with Gasteiger partial charge in [0.1, 0.15) is 5.75 Å². The molecule has 0 bridgehead atoms. The smallest absolute Gasteiger partial charge is 0.117 e. The summed E-state index contributed by atoms with van der Waals surface area (Å²) in [5, 5.41) is 9.54. The fourth-order valence-corrected chi connectivity index (χ4v) is 3.11. The van der Waals surface area contributed by atoms with Crippen LogP contribution in [0.5, 0.6) is 5.75 Å². The normalized spacial score (nSPS) is 11.3. The monoisotopic (exact) mass is 318 g/mol. The molecule has 2 aromatic carbocycles. The summed E-state index contributed by atoms with van der Waals surface area (Å²) in [4.78, 5) is 4.48. The van der Waals surface area contributed by atoms with Crippen LogP contribution in [0.1, 0.15) is 28.1 Å². The zero-order chi connectivity index (χ0) is 17.3. The van der Waals surface area contributed by atoms with Crippen molar-refractivity contribution >= 4 is 11.9 Å². The van der Waals surface area contributed by atoms with Crippen molar-refractivity contribution in [1.82, 2.24) is 4.57 Å². The van der Waals surface area contributed by atoms with E-state index in [9.17, 15) is 5.11 Å². The van der Waals surface area contributed by atoms with E-state index in [4.69, 9.17) is 0 Å². The summed E-state index contributed by atoms with van der Waals surface area (Å²) in [7, 11) is 0. The van der Waals surface area contributed by atoms with E-state index in [1.165, 1.54) is 22.5 Å². The quantitative estimate of drug-likeness (QED) is 0.665. The topological polar surface area (TPSA) is 37.5 Å². The van der Waals surface area contributed by atoms with Crippen molar-refractivity contribution < 1.29 is 5.11 Å². The van der Waals surface area contributed by atoms with Crippen LogP contribution in [-0.4, -0.2) is 15.9 Å². The van der Waals surface area contributed by atoms with Gasteiger partial charge in [-0.1, -0.05) is 12.1 Å². The van der Waals surface area contributed by atoms with E-state index >= 15 is 0 Å². The maximum atomic E-state index is 9.54. The van der Waals surface area contributed by atoms with E-state index in [0.29, 0.717) is 0 Å². The van der Waals surface area contributed by atoms with Gasteiger partial charge in [0.05, 0.1) is 5.69 Å². The van der Waals surface area contributed by atoms with Crippen LogP contribution in [0.15, 0.2) is 53.5 Å². The molecule has 0 fully saturated rings. The zero-order valence-electron chi connectivity index (χ0n) is 14.5. The number of phenols is 1.